The molecule has 1 aromatic carbocycles. The van der Waals surface area contributed by atoms with Gasteiger partial charge in [-0.1, -0.05) is 6.07 Å². The largest absolute Gasteiger partial charge is 0.478 e. The van der Waals surface area contributed by atoms with Crippen LogP contribution in [0.2, 0.25) is 0 Å². The molecule has 26 heavy (non-hydrogen) atoms. The maximum Gasteiger partial charge on any atom is 0.335 e. The van der Waals surface area contributed by atoms with E-state index in [2.05, 4.69) is 4.98 Å². The number of fused-ring (bicyclic) bond motifs is 1. The average Bonchev–Trinajstić information content (AvgIpc) is 3.12. The monoisotopic (exact) mass is 358 g/mol. The number of rotatable bonds is 7. The first-order valence-corrected chi connectivity index (χ1v) is 7.94. The second kappa shape index (κ2) is 7.83. The summed E-state index contributed by atoms with van der Waals surface area (Å²) in [5, 5.41) is 9.10. The number of carbonyl (C=O) groups is 2. The van der Waals surface area contributed by atoms with E-state index in [0.717, 1.165) is 5.56 Å². The Hall–Kier alpha value is -3.13. The quantitative estimate of drug-likeness (QED) is 0.806. The van der Waals surface area contributed by atoms with Crippen LogP contribution < -0.4 is 9.47 Å². The van der Waals surface area contributed by atoms with Gasteiger partial charge < -0.3 is 24.2 Å². The maximum atomic E-state index is 12.8. The Bertz CT molecular complexity index is 823. The summed E-state index contributed by atoms with van der Waals surface area (Å²) in [6.07, 6.45) is 1.31. The van der Waals surface area contributed by atoms with E-state index in [9.17, 15) is 9.59 Å². The highest BCUT2D eigenvalue weighted by Gasteiger charge is 2.20. The number of hydrogen-bond acceptors (Lipinski definition) is 6. The van der Waals surface area contributed by atoms with Crippen molar-refractivity contribution in [3.05, 3.63) is 53.3 Å². The van der Waals surface area contributed by atoms with Gasteiger partial charge >= 0.3 is 5.97 Å². The van der Waals surface area contributed by atoms with Gasteiger partial charge in [0.15, 0.2) is 11.5 Å². The van der Waals surface area contributed by atoms with Gasteiger partial charge in [0, 0.05) is 26.4 Å². The standard InChI is InChI=1S/C18H18N2O6/c1-24-7-6-20(10-12-2-3-15-16(8-12)26-11-25-15)17(21)14-9-13(18(22)23)4-5-19-14/h2-5,8-9H,6-7,10-11H2,1H3,(H,22,23). The molecule has 8 heteroatoms. The van der Waals surface area contributed by atoms with Crippen LogP contribution in [0.5, 0.6) is 11.5 Å². The number of aromatic carboxylic acids is 1. The average molecular weight is 358 g/mol. The lowest BCUT2D eigenvalue weighted by atomic mass is 10.1. The van der Waals surface area contributed by atoms with E-state index >= 15 is 0 Å². The zero-order chi connectivity index (χ0) is 18.5. The molecule has 8 nitrogen and oxygen atoms in total. The van der Waals surface area contributed by atoms with E-state index < -0.39 is 5.97 Å². The second-order valence-corrected chi connectivity index (χ2v) is 5.64. The molecule has 0 atom stereocenters. The predicted octanol–water partition coefficient (Wildman–Crippen LogP) is 1.80. The third kappa shape index (κ3) is 3.92. The van der Waals surface area contributed by atoms with Crippen LogP contribution in [0.1, 0.15) is 26.4 Å². The molecule has 2 aromatic rings. The number of hydrogen-bond donors (Lipinski definition) is 1. The number of pyridine rings is 1. The van der Waals surface area contributed by atoms with Crippen molar-refractivity contribution in [2.45, 2.75) is 6.54 Å². The molecule has 0 fully saturated rings. The minimum atomic E-state index is -1.11. The van der Waals surface area contributed by atoms with Gasteiger partial charge in [-0.3, -0.25) is 9.78 Å². The van der Waals surface area contributed by atoms with Crippen molar-refractivity contribution in [3.63, 3.8) is 0 Å². The Morgan fingerprint density at radius 1 is 1.23 bits per heavy atom. The summed E-state index contributed by atoms with van der Waals surface area (Å²) in [5.74, 6) is -0.185. The Labute approximate surface area is 149 Å². The molecular formula is C18H18N2O6. The normalized spacial score (nSPS) is 12.0. The number of carbonyl (C=O) groups excluding carboxylic acids is 1. The molecule has 2 heterocycles. The van der Waals surface area contributed by atoms with Crippen LogP contribution in [0.25, 0.3) is 0 Å². The lowest BCUT2D eigenvalue weighted by Gasteiger charge is -2.22. The van der Waals surface area contributed by atoms with Gasteiger partial charge in [0.1, 0.15) is 5.69 Å². The molecule has 1 amide bonds. The first-order valence-electron chi connectivity index (χ1n) is 7.94. The number of carboxylic acids is 1. The van der Waals surface area contributed by atoms with Gasteiger partial charge in [-0.25, -0.2) is 4.79 Å². The number of nitrogens with zero attached hydrogens (tertiary/aromatic N) is 2. The Morgan fingerprint density at radius 3 is 2.81 bits per heavy atom. The van der Waals surface area contributed by atoms with Crippen LogP contribution in [-0.4, -0.2) is 53.9 Å². The third-order valence-corrected chi connectivity index (χ3v) is 3.89. The summed E-state index contributed by atoms with van der Waals surface area (Å²) in [6.45, 7) is 1.16. The van der Waals surface area contributed by atoms with Gasteiger partial charge in [0.25, 0.3) is 5.91 Å². The fourth-order valence-electron chi connectivity index (χ4n) is 2.56. The summed E-state index contributed by atoms with van der Waals surface area (Å²) in [6, 6.07) is 8.07. The Balaban J connectivity index is 1.82. The van der Waals surface area contributed by atoms with Gasteiger partial charge in [-0.05, 0) is 29.8 Å². The van der Waals surface area contributed by atoms with E-state index in [4.69, 9.17) is 19.3 Å². The molecule has 0 saturated carbocycles. The first-order chi connectivity index (χ1) is 12.6. The molecule has 1 N–H and O–H groups in total. The SMILES string of the molecule is COCCN(Cc1ccc2c(c1)OCO2)C(=O)c1cc(C(=O)O)ccn1. The summed E-state index contributed by atoms with van der Waals surface area (Å²) in [4.78, 5) is 29.5. The number of carboxylic acid groups (broad SMARTS) is 1. The molecule has 0 unspecified atom stereocenters. The van der Waals surface area contributed by atoms with Crippen LogP contribution >= 0.6 is 0 Å². The molecule has 0 saturated heterocycles. The molecule has 0 aliphatic carbocycles. The van der Waals surface area contributed by atoms with Crippen LogP contribution in [0.4, 0.5) is 0 Å². The summed E-state index contributed by atoms with van der Waals surface area (Å²) in [7, 11) is 1.55. The van der Waals surface area contributed by atoms with Crippen molar-refractivity contribution in [2.24, 2.45) is 0 Å². The fourth-order valence-corrected chi connectivity index (χ4v) is 2.56. The highest BCUT2D eigenvalue weighted by atomic mass is 16.7. The minimum absolute atomic E-state index is 0.0121. The third-order valence-electron chi connectivity index (χ3n) is 3.89. The highest BCUT2D eigenvalue weighted by Crippen LogP contribution is 2.32. The Kier molecular flexibility index (Phi) is 5.33. The number of methoxy groups -OCH3 is 1. The van der Waals surface area contributed by atoms with Crippen molar-refractivity contribution >= 4 is 11.9 Å². The van der Waals surface area contributed by atoms with Crippen molar-refractivity contribution < 1.29 is 28.9 Å². The summed E-state index contributed by atoms with van der Waals surface area (Å²) in [5.41, 5.74) is 0.938. The summed E-state index contributed by atoms with van der Waals surface area (Å²) >= 11 is 0. The Morgan fingerprint density at radius 2 is 2.04 bits per heavy atom. The molecular weight excluding hydrogens is 340 g/mol. The number of aromatic nitrogens is 1. The summed E-state index contributed by atoms with van der Waals surface area (Å²) < 4.78 is 15.7. The first kappa shape index (κ1) is 17.7. The smallest absolute Gasteiger partial charge is 0.335 e. The van der Waals surface area contributed by atoms with Crippen molar-refractivity contribution in [1.82, 2.24) is 9.88 Å². The van der Waals surface area contributed by atoms with Crippen LogP contribution in [0.3, 0.4) is 0 Å². The van der Waals surface area contributed by atoms with Crippen LogP contribution in [0.15, 0.2) is 36.5 Å². The van der Waals surface area contributed by atoms with E-state index in [1.807, 2.05) is 12.1 Å². The minimum Gasteiger partial charge on any atom is -0.478 e. The number of amides is 1. The molecule has 3 rings (SSSR count). The van der Waals surface area contributed by atoms with Gasteiger partial charge in [0.2, 0.25) is 6.79 Å². The predicted molar refractivity (Wildman–Crippen MR) is 90.4 cm³/mol. The lowest BCUT2D eigenvalue weighted by molar-refractivity contribution is 0.0674. The van der Waals surface area contributed by atoms with Gasteiger partial charge in [-0.15, -0.1) is 0 Å². The van der Waals surface area contributed by atoms with Crippen LogP contribution in [0, 0.1) is 0 Å². The highest BCUT2D eigenvalue weighted by molar-refractivity contribution is 5.95. The molecule has 136 valence electrons. The van der Waals surface area contributed by atoms with E-state index in [-0.39, 0.29) is 24.0 Å². The van der Waals surface area contributed by atoms with Crippen LogP contribution in [-0.2, 0) is 11.3 Å². The molecule has 1 aliphatic heterocycles. The van der Waals surface area contributed by atoms with Gasteiger partial charge in [-0.2, -0.15) is 0 Å². The maximum absolute atomic E-state index is 12.8. The molecule has 0 spiro atoms. The number of ether oxygens (including phenoxy) is 3. The van der Waals surface area contributed by atoms with Crippen molar-refractivity contribution in [3.8, 4) is 11.5 Å². The zero-order valence-corrected chi connectivity index (χ0v) is 14.2. The molecule has 0 bridgehead atoms. The lowest BCUT2D eigenvalue weighted by Crippen LogP contribution is -2.34. The fraction of sp³-hybridized carbons (Fsp3) is 0.278. The number of benzene rings is 1. The van der Waals surface area contributed by atoms with E-state index in [1.54, 1.807) is 18.1 Å². The van der Waals surface area contributed by atoms with Crippen molar-refractivity contribution in [1.29, 1.82) is 0 Å². The van der Waals surface area contributed by atoms with E-state index in [1.165, 1.54) is 18.3 Å². The second-order valence-electron chi connectivity index (χ2n) is 5.64. The topological polar surface area (TPSA) is 98.2 Å². The molecule has 1 aliphatic rings. The van der Waals surface area contributed by atoms with Gasteiger partial charge in [0.05, 0.1) is 12.2 Å². The van der Waals surface area contributed by atoms with Crippen molar-refractivity contribution in [2.75, 3.05) is 27.1 Å². The molecule has 0 radical (unpaired) electrons. The zero-order valence-electron chi connectivity index (χ0n) is 14.2. The van der Waals surface area contributed by atoms with E-state index in [0.29, 0.717) is 31.2 Å². The molecule has 1 aromatic heterocycles.